The minimum Gasteiger partial charge on any atom is -0.384 e. The molecule has 0 spiro atoms. The van der Waals surface area contributed by atoms with Gasteiger partial charge in [0.15, 0.2) is 5.82 Å². The van der Waals surface area contributed by atoms with Gasteiger partial charge in [-0.3, -0.25) is 9.36 Å². The fourth-order valence-electron chi connectivity index (χ4n) is 1.89. The Morgan fingerprint density at radius 3 is 3.05 bits per heavy atom. The third kappa shape index (κ3) is 2.19. The molecule has 96 valence electrons. The fraction of sp³-hybridized carbons (Fsp3) is 0.167. The molecule has 2 N–H and O–H groups in total. The number of aromatic nitrogens is 4. The van der Waals surface area contributed by atoms with Crippen LogP contribution < -0.4 is 11.3 Å². The van der Waals surface area contributed by atoms with Crippen molar-refractivity contribution in [3.05, 3.63) is 45.7 Å². The van der Waals surface area contributed by atoms with Crippen LogP contribution in [-0.4, -0.2) is 19.5 Å². The molecule has 0 saturated carbocycles. The number of anilines is 1. The number of aryl methyl sites for hydroxylation is 1. The molecule has 0 radical (unpaired) electrons. The Kier molecular flexibility index (Phi) is 2.75. The number of nitrogen functional groups attached to an aromatic ring is 1. The SMILES string of the molecule is Cc1cc(N)nc(Cn2cnc3sccc3c2=O)n1. The zero-order valence-electron chi connectivity index (χ0n) is 10.2. The summed E-state index contributed by atoms with van der Waals surface area (Å²) >= 11 is 1.45. The van der Waals surface area contributed by atoms with Crippen molar-refractivity contribution in [2.75, 3.05) is 5.73 Å². The van der Waals surface area contributed by atoms with Gasteiger partial charge >= 0.3 is 0 Å². The van der Waals surface area contributed by atoms with Crippen LogP contribution in [0.1, 0.15) is 11.5 Å². The Labute approximate surface area is 112 Å². The second-order valence-corrected chi connectivity index (χ2v) is 5.06. The molecule has 19 heavy (non-hydrogen) atoms. The van der Waals surface area contributed by atoms with Crippen LogP contribution in [0.25, 0.3) is 10.2 Å². The van der Waals surface area contributed by atoms with E-state index < -0.39 is 0 Å². The predicted octanol–water partition coefficient (Wildman–Crippen LogP) is 1.19. The Bertz CT molecular complexity index is 787. The number of hydrogen-bond donors (Lipinski definition) is 1. The molecular weight excluding hydrogens is 262 g/mol. The van der Waals surface area contributed by atoms with E-state index in [-0.39, 0.29) is 12.1 Å². The van der Waals surface area contributed by atoms with Gasteiger partial charge in [-0.05, 0) is 18.4 Å². The largest absolute Gasteiger partial charge is 0.384 e. The Balaban J connectivity index is 2.05. The van der Waals surface area contributed by atoms with E-state index in [9.17, 15) is 4.79 Å². The average Bonchev–Trinajstić information content (AvgIpc) is 2.80. The molecule has 0 bridgehead atoms. The minimum atomic E-state index is -0.0880. The van der Waals surface area contributed by atoms with Crippen LogP contribution in [0, 0.1) is 6.92 Å². The number of thiophene rings is 1. The summed E-state index contributed by atoms with van der Waals surface area (Å²) in [6.45, 7) is 2.11. The topological polar surface area (TPSA) is 86.7 Å². The number of nitrogens with two attached hydrogens (primary N) is 1. The highest BCUT2D eigenvalue weighted by Crippen LogP contribution is 2.13. The van der Waals surface area contributed by atoms with Crippen LogP contribution >= 0.6 is 11.3 Å². The summed E-state index contributed by atoms with van der Waals surface area (Å²) in [5, 5.41) is 2.47. The van der Waals surface area contributed by atoms with Gasteiger partial charge in [-0.25, -0.2) is 15.0 Å². The monoisotopic (exact) mass is 273 g/mol. The van der Waals surface area contributed by atoms with E-state index in [1.165, 1.54) is 22.2 Å². The highest BCUT2D eigenvalue weighted by atomic mass is 32.1. The zero-order chi connectivity index (χ0) is 13.4. The average molecular weight is 273 g/mol. The third-order valence-electron chi connectivity index (χ3n) is 2.68. The smallest absolute Gasteiger partial charge is 0.262 e. The lowest BCUT2D eigenvalue weighted by atomic mass is 10.4. The summed E-state index contributed by atoms with van der Waals surface area (Å²) in [4.78, 5) is 25.6. The van der Waals surface area contributed by atoms with Gasteiger partial charge in [0.25, 0.3) is 5.56 Å². The van der Waals surface area contributed by atoms with Crippen molar-refractivity contribution in [3.8, 4) is 0 Å². The predicted molar refractivity (Wildman–Crippen MR) is 74.2 cm³/mol. The number of nitrogens with zero attached hydrogens (tertiary/aromatic N) is 4. The molecule has 0 fully saturated rings. The van der Waals surface area contributed by atoms with Gasteiger partial charge in [0.1, 0.15) is 10.6 Å². The van der Waals surface area contributed by atoms with Crippen LogP contribution in [0.15, 0.2) is 28.6 Å². The number of hydrogen-bond acceptors (Lipinski definition) is 6. The molecule has 0 unspecified atom stereocenters. The van der Waals surface area contributed by atoms with Crippen LogP contribution in [-0.2, 0) is 6.54 Å². The molecule has 3 heterocycles. The molecule has 0 aliphatic carbocycles. The van der Waals surface area contributed by atoms with E-state index in [4.69, 9.17) is 5.73 Å². The summed E-state index contributed by atoms with van der Waals surface area (Å²) in [5.74, 6) is 0.913. The van der Waals surface area contributed by atoms with E-state index in [1.807, 2.05) is 12.3 Å². The van der Waals surface area contributed by atoms with Crippen molar-refractivity contribution in [1.82, 2.24) is 19.5 Å². The van der Waals surface area contributed by atoms with Crippen molar-refractivity contribution >= 4 is 27.4 Å². The highest BCUT2D eigenvalue weighted by Gasteiger charge is 2.07. The number of rotatable bonds is 2. The van der Waals surface area contributed by atoms with E-state index in [2.05, 4.69) is 15.0 Å². The van der Waals surface area contributed by atoms with Crippen LogP contribution in [0.4, 0.5) is 5.82 Å². The first-order valence-corrected chi connectivity index (χ1v) is 6.54. The lowest BCUT2D eigenvalue weighted by Crippen LogP contribution is -2.21. The Morgan fingerprint density at radius 1 is 1.42 bits per heavy atom. The molecular formula is C12H11N5OS. The summed E-state index contributed by atoms with van der Waals surface area (Å²) < 4.78 is 1.49. The van der Waals surface area contributed by atoms with Gasteiger partial charge in [-0.2, -0.15) is 0 Å². The first-order chi connectivity index (χ1) is 9.13. The zero-order valence-corrected chi connectivity index (χ0v) is 11.0. The summed E-state index contributed by atoms with van der Waals surface area (Å²) in [6.07, 6.45) is 1.52. The molecule has 0 saturated heterocycles. The maximum absolute atomic E-state index is 12.2. The fourth-order valence-corrected chi connectivity index (χ4v) is 2.61. The van der Waals surface area contributed by atoms with Crippen molar-refractivity contribution in [2.45, 2.75) is 13.5 Å². The lowest BCUT2D eigenvalue weighted by molar-refractivity contribution is 0.705. The summed E-state index contributed by atoms with van der Waals surface area (Å²) in [7, 11) is 0. The summed E-state index contributed by atoms with van der Waals surface area (Å²) in [5.41, 5.74) is 6.36. The van der Waals surface area contributed by atoms with Crippen molar-refractivity contribution in [1.29, 1.82) is 0 Å². The van der Waals surface area contributed by atoms with Gasteiger partial charge in [0, 0.05) is 11.8 Å². The Morgan fingerprint density at radius 2 is 2.26 bits per heavy atom. The van der Waals surface area contributed by atoms with E-state index in [0.717, 1.165) is 10.5 Å². The normalized spacial score (nSPS) is 11.0. The lowest BCUT2D eigenvalue weighted by Gasteiger charge is -2.05. The molecule has 0 amide bonds. The van der Waals surface area contributed by atoms with Crippen molar-refractivity contribution < 1.29 is 0 Å². The third-order valence-corrected chi connectivity index (χ3v) is 3.50. The highest BCUT2D eigenvalue weighted by molar-refractivity contribution is 7.16. The standard InChI is InChI=1S/C12H11N5OS/c1-7-4-9(13)16-10(15-7)5-17-6-14-11-8(12(17)18)2-3-19-11/h2-4,6H,5H2,1H3,(H2,13,15,16). The number of fused-ring (bicyclic) bond motifs is 1. The molecule has 0 atom stereocenters. The van der Waals surface area contributed by atoms with Crippen molar-refractivity contribution in [2.24, 2.45) is 0 Å². The molecule has 0 aromatic carbocycles. The Hall–Kier alpha value is -2.28. The van der Waals surface area contributed by atoms with Crippen molar-refractivity contribution in [3.63, 3.8) is 0 Å². The van der Waals surface area contributed by atoms with E-state index in [1.54, 1.807) is 12.1 Å². The maximum atomic E-state index is 12.2. The van der Waals surface area contributed by atoms with Crippen LogP contribution in [0.3, 0.4) is 0 Å². The first-order valence-electron chi connectivity index (χ1n) is 5.66. The van der Waals surface area contributed by atoms with E-state index in [0.29, 0.717) is 17.0 Å². The van der Waals surface area contributed by atoms with Crippen LogP contribution in [0.5, 0.6) is 0 Å². The molecule has 7 heteroatoms. The molecule has 3 aromatic rings. The molecule has 6 nitrogen and oxygen atoms in total. The molecule has 3 rings (SSSR count). The quantitative estimate of drug-likeness (QED) is 0.757. The first kappa shape index (κ1) is 11.8. The van der Waals surface area contributed by atoms with Gasteiger partial charge in [-0.15, -0.1) is 11.3 Å². The van der Waals surface area contributed by atoms with Gasteiger partial charge in [0.05, 0.1) is 18.3 Å². The second-order valence-electron chi connectivity index (χ2n) is 4.17. The minimum absolute atomic E-state index is 0.0880. The molecule has 3 aromatic heterocycles. The molecule has 0 aliphatic heterocycles. The van der Waals surface area contributed by atoms with Gasteiger partial charge in [0.2, 0.25) is 0 Å². The van der Waals surface area contributed by atoms with Gasteiger partial charge in [-0.1, -0.05) is 0 Å². The molecule has 0 aliphatic rings. The maximum Gasteiger partial charge on any atom is 0.262 e. The second kappa shape index (κ2) is 4.43. The van der Waals surface area contributed by atoms with Crippen LogP contribution in [0.2, 0.25) is 0 Å². The summed E-state index contributed by atoms with van der Waals surface area (Å²) in [6, 6.07) is 3.46. The van der Waals surface area contributed by atoms with Gasteiger partial charge < -0.3 is 5.73 Å². The van der Waals surface area contributed by atoms with E-state index >= 15 is 0 Å².